The molecule has 2 heterocycles. The molecule has 0 aliphatic rings. The lowest BCUT2D eigenvalue weighted by Crippen LogP contribution is -2.27. The van der Waals surface area contributed by atoms with E-state index in [1.807, 2.05) is 45.9 Å². The molecule has 0 radical (unpaired) electrons. The number of carbonyl (C=O) groups is 1. The number of aromatic nitrogens is 2. The molecule has 2 rings (SSSR count). The molecule has 5 nitrogen and oxygen atoms in total. The summed E-state index contributed by atoms with van der Waals surface area (Å²) < 4.78 is 6.75. The molecule has 2 N–H and O–H groups in total. The van der Waals surface area contributed by atoms with Crippen LogP contribution in [0.4, 0.5) is 4.79 Å². The van der Waals surface area contributed by atoms with Crippen molar-refractivity contribution in [3.63, 3.8) is 0 Å². The van der Waals surface area contributed by atoms with Crippen molar-refractivity contribution in [1.82, 2.24) is 9.55 Å². The molecule has 0 fully saturated rings. The largest absolute Gasteiger partial charge is 0.443 e. The Hall–Kier alpha value is -1.88. The fourth-order valence-corrected chi connectivity index (χ4v) is 1.73. The van der Waals surface area contributed by atoms with E-state index in [2.05, 4.69) is 4.98 Å². The highest BCUT2D eigenvalue weighted by atomic mass is 16.6. The fraction of sp³-hybridized carbons (Fsp3) is 0.429. The van der Waals surface area contributed by atoms with Crippen LogP contribution in [0.1, 0.15) is 39.4 Å². The molecule has 0 amide bonds. The van der Waals surface area contributed by atoms with Crippen molar-refractivity contribution < 1.29 is 9.53 Å². The molecule has 102 valence electrons. The smallest absolute Gasteiger partial charge is 0.420 e. The molecular formula is C14H19N3O2. The van der Waals surface area contributed by atoms with Crippen molar-refractivity contribution in [3.05, 3.63) is 30.1 Å². The Bertz CT molecular complexity index is 609. The summed E-state index contributed by atoms with van der Waals surface area (Å²) in [5.41, 5.74) is 6.60. The van der Waals surface area contributed by atoms with E-state index in [-0.39, 0.29) is 6.04 Å². The van der Waals surface area contributed by atoms with E-state index in [1.54, 1.807) is 6.20 Å². The summed E-state index contributed by atoms with van der Waals surface area (Å²) in [6.07, 6.45) is 1.23. The Labute approximate surface area is 112 Å². The molecule has 0 aliphatic heterocycles. The first-order valence-corrected chi connectivity index (χ1v) is 6.25. The third-order valence-electron chi connectivity index (χ3n) is 2.61. The minimum atomic E-state index is -0.535. The third-order valence-corrected chi connectivity index (χ3v) is 2.61. The molecule has 0 aliphatic carbocycles. The normalized spacial score (nSPS) is 13.5. The average molecular weight is 261 g/mol. The Balaban J connectivity index is 2.43. The second-order valence-corrected chi connectivity index (χ2v) is 5.60. The van der Waals surface area contributed by atoms with Crippen LogP contribution in [0.15, 0.2) is 24.4 Å². The highest BCUT2D eigenvalue weighted by molar-refractivity contribution is 5.87. The number of pyridine rings is 1. The average Bonchev–Trinajstić information content (AvgIpc) is 2.68. The zero-order valence-electron chi connectivity index (χ0n) is 11.7. The summed E-state index contributed by atoms with van der Waals surface area (Å²) in [4.78, 5) is 16.5. The van der Waals surface area contributed by atoms with Gasteiger partial charge in [0.15, 0.2) is 0 Å². The number of nitrogens with zero attached hydrogens (tertiary/aromatic N) is 2. The van der Waals surface area contributed by atoms with E-state index in [0.717, 1.165) is 11.1 Å². The van der Waals surface area contributed by atoms with Crippen LogP contribution in [0, 0.1) is 0 Å². The van der Waals surface area contributed by atoms with Crippen LogP contribution in [-0.2, 0) is 4.74 Å². The second-order valence-electron chi connectivity index (χ2n) is 5.60. The molecule has 0 unspecified atom stereocenters. The molecule has 0 bridgehead atoms. The zero-order valence-corrected chi connectivity index (χ0v) is 11.7. The van der Waals surface area contributed by atoms with Crippen molar-refractivity contribution in [2.75, 3.05) is 0 Å². The van der Waals surface area contributed by atoms with Gasteiger partial charge in [0.2, 0.25) is 0 Å². The number of ether oxygens (including phenoxy) is 1. The highest BCUT2D eigenvalue weighted by Crippen LogP contribution is 2.18. The Morgan fingerprint density at radius 1 is 1.37 bits per heavy atom. The summed E-state index contributed by atoms with van der Waals surface area (Å²) in [6, 6.07) is 5.43. The third kappa shape index (κ3) is 2.93. The van der Waals surface area contributed by atoms with Gasteiger partial charge in [0.05, 0.1) is 5.69 Å². The van der Waals surface area contributed by atoms with E-state index >= 15 is 0 Å². The number of hydrogen-bond donors (Lipinski definition) is 1. The molecule has 5 heteroatoms. The number of nitrogens with two attached hydrogens (primary N) is 1. The molecule has 0 aromatic carbocycles. The predicted molar refractivity (Wildman–Crippen MR) is 74.0 cm³/mol. The zero-order chi connectivity index (χ0) is 14.2. The van der Waals surface area contributed by atoms with E-state index in [9.17, 15) is 4.79 Å². The first-order valence-electron chi connectivity index (χ1n) is 6.25. The lowest BCUT2D eigenvalue weighted by Gasteiger charge is -2.19. The quantitative estimate of drug-likeness (QED) is 0.857. The summed E-state index contributed by atoms with van der Waals surface area (Å²) in [5, 5.41) is 0.884. The van der Waals surface area contributed by atoms with Gasteiger partial charge in [-0.25, -0.2) is 14.3 Å². The van der Waals surface area contributed by atoms with Crippen molar-refractivity contribution in [3.8, 4) is 0 Å². The van der Waals surface area contributed by atoms with Gasteiger partial charge in [-0.15, -0.1) is 0 Å². The monoisotopic (exact) mass is 261 g/mol. The van der Waals surface area contributed by atoms with Crippen molar-refractivity contribution in [2.24, 2.45) is 5.73 Å². The summed E-state index contributed by atoms with van der Waals surface area (Å²) in [6.45, 7) is 7.35. The highest BCUT2D eigenvalue weighted by Gasteiger charge is 2.19. The molecule has 0 saturated carbocycles. The van der Waals surface area contributed by atoms with E-state index in [0.29, 0.717) is 5.65 Å². The fourth-order valence-electron chi connectivity index (χ4n) is 1.73. The minimum absolute atomic E-state index is 0.175. The van der Waals surface area contributed by atoms with Crippen LogP contribution < -0.4 is 5.73 Å². The van der Waals surface area contributed by atoms with Crippen LogP contribution in [-0.4, -0.2) is 21.2 Å². The second kappa shape index (κ2) is 4.66. The summed E-state index contributed by atoms with van der Waals surface area (Å²) in [5.74, 6) is 0. The number of carbonyl (C=O) groups excluding carboxylic acids is 1. The number of rotatable bonds is 1. The Morgan fingerprint density at radius 3 is 2.63 bits per heavy atom. The first-order chi connectivity index (χ1) is 8.78. The van der Waals surface area contributed by atoms with Gasteiger partial charge in [-0.05, 0) is 45.9 Å². The lowest BCUT2D eigenvalue weighted by atomic mass is 10.2. The van der Waals surface area contributed by atoms with Gasteiger partial charge in [-0.2, -0.15) is 0 Å². The standard InChI is InChI=1S/C14H19N3O2/c1-9(15)11-6-5-10-7-8-17(12(10)16-11)13(18)19-14(2,3)4/h5-9H,15H2,1-4H3/t9-/m0/s1. The molecular weight excluding hydrogens is 242 g/mol. The molecule has 19 heavy (non-hydrogen) atoms. The molecule has 0 saturated heterocycles. The maximum Gasteiger partial charge on any atom is 0.420 e. The van der Waals surface area contributed by atoms with Gasteiger partial charge in [-0.3, -0.25) is 0 Å². The number of fused-ring (bicyclic) bond motifs is 1. The van der Waals surface area contributed by atoms with Crippen LogP contribution in [0.25, 0.3) is 11.0 Å². The van der Waals surface area contributed by atoms with Gasteiger partial charge in [0.1, 0.15) is 11.2 Å². The Kier molecular flexibility index (Phi) is 3.32. The summed E-state index contributed by atoms with van der Waals surface area (Å²) >= 11 is 0. The minimum Gasteiger partial charge on any atom is -0.443 e. The Morgan fingerprint density at radius 2 is 2.05 bits per heavy atom. The van der Waals surface area contributed by atoms with E-state index in [4.69, 9.17) is 10.5 Å². The molecule has 2 aromatic rings. The van der Waals surface area contributed by atoms with Gasteiger partial charge in [0, 0.05) is 17.6 Å². The van der Waals surface area contributed by atoms with E-state index in [1.165, 1.54) is 4.57 Å². The van der Waals surface area contributed by atoms with Gasteiger partial charge < -0.3 is 10.5 Å². The lowest BCUT2D eigenvalue weighted by molar-refractivity contribution is 0.0543. The molecule has 1 atom stereocenters. The first kappa shape index (κ1) is 13.5. The summed E-state index contributed by atoms with van der Waals surface area (Å²) in [7, 11) is 0. The maximum absolute atomic E-state index is 12.1. The molecule has 0 spiro atoms. The van der Waals surface area contributed by atoms with Gasteiger partial charge in [0.25, 0.3) is 0 Å². The molecule has 2 aromatic heterocycles. The van der Waals surface area contributed by atoms with Crippen molar-refractivity contribution in [1.29, 1.82) is 0 Å². The van der Waals surface area contributed by atoms with Crippen molar-refractivity contribution >= 4 is 17.1 Å². The van der Waals surface area contributed by atoms with E-state index < -0.39 is 11.7 Å². The van der Waals surface area contributed by atoms with Crippen molar-refractivity contribution in [2.45, 2.75) is 39.3 Å². The maximum atomic E-state index is 12.1. The van der Waals surface area contributed by atoms with Crippen LogP contribution in [0.3, 0.4) is 0 Å². The SMILES string of the molecule is C[C@H](N)c1ccc2ccn(C(=O)OC(C)(C)C)c2n1. The van der Waals surface area contributed by atoms with Gasteiger partial charge >= 0.3 is 6.09 Å². The van der Waals surface area contributed by atoms with Crippen LogP contribution >= 0.6 is 0 Å². The topological polar surface area (TPSA) is 70.1 Å². The van der Waals surface area contributed by atoms with Crippen LogP contribution in [0.5, 0.6) is 0 Å². The number of hydrogen-bond acceptors (Lipinski definition) is 4. The van der Waals surface area contributed by atoms with Crippen LogP contribution in [0.2, 0.25) is 0 Å². The van der Waals surface area contributed by atoms with Gasteiger partial charge in [-0.1, -0.05) is 0 Å². The predicted octanol–water partition coefficient (Wildman–Crippen LogP) is 2.84.